The second-order valence-electron chi connectivity index (χ2n) is 7.36. The number of ether oxygens (including phenoxy) is 3. The molecule has 0 spiro atoms. The fourth-order valence-corrected chi connectivity index (χ4v) is 4.25. The summed E-state index contributed by atoms with van der Waals surface area (Å²) in [7, 11) is 1.66. The van der Waals surface area contributed by atoms with Gasteiger partial charge in [-0.1, -0.05) is 0 Å². The summed E-state index contributed by atoms with van der Waals surface area (Å²) in [5.41, 5.74) is 3.58. The van der Waals surface area contributed by atoms with Gasteiger partial charge >= 0.3 is 0 Å². The van der Waals surface area contributed by atoms with Crippen molar-refractivity contribution in [2.24, 2.45) is 0 Å². The Balaban J connectivity index is 1.56. The number of nitrogens with one attached hydrogen (secondary N) is 1. The number of anilines is 2. The Hall–Kier alpha value is -3.17. The summed E-state index contributed by atoms with van der Waals surface area (Å²) in [4.78, 5) is 9.46. The van der Waals surface area contributed by atoms with Crippen molar-refractivity contribution in [2.75, 3.05) is 25.6 Å². The molecule has 0 radical (unpaired) electrons. The predicted octanol–water partition coefficient (Wildman–Crippen LogP) is 4.50. The summed E-state index contributed by atoms with van der Waals surface area (Å²) >= 11 is 1.38. The predicted molar refractivity (Wildman–Crippen MR) is 120 cm³/mol. The van der Waals surface area contributed by atoms with Crippen LogP contribution in [0, 0.1) is 6.92 Å². The van der Waals surface area contributed by atoms with E-state index in [-0.39, 0.29) is 6.10 Å². The van der Waals surface area contributed by atoms with Crippen LogP contribution in [-0.2, 0) is 4.74 Å². The minimum absolute atomic E-state index is 0.0598. The van der Waals surface area contributed by atoms with Gasteiger partial charge in [0.2, 0.25) is 11.8 Å². The van der Waals surface area contributed by atoms with Crippen LogP contribution in [0.4, 0.5) is 10.9 Å². The zero-order chi connectivity index (χ0) is 21.2. The molecule has 0 unspecified atom stereocenters. The summed E-state index contributed by atoms with van der Waals surface area (Å²) < 4.78 is 23.5. The number of methoxy groups -OCH3 is 1. The molecule has 31 heavy (non-hydrogen) atoms. The number of benzene rings is 1. The third kappa shape index (κ3) is 4.19. The first-order chi connectivity index (χ1) is 15.2. The van der Waals surface area contributed by atoms with Gasteiger partial charge in [0.15, 0.2) is 0 Å². The Bertz CT molecular complexity index is 1180. The van der Waals surface area contributed by atoms with Gasteiger partial charge < -0.3 is 24.1 Å². The lowest BCUT2D eigenvalue weighted by molar-refractivity contribution is 0.0243. The SMILES string of the molecule is COc1ccc(-n2ccc3nc(Nc4cc(C)ns4)nc(OC4CCOCC4)c32)cc1. The Morgan fingerprint density at radius 2 is 1.94 bits per heavy atom. The van der Waals surface area contributed by atoms with Crippen molar-refractivity contribution in [3.63, 3.8) is 0 Å². The molecule has 1 saturated heterocycles. The van der Waals surface area contributed by atoms with Gasteiger partial charge in [0.1, 0.15) is 22.4 Å². The lowest BCUT2D eigenvalue weighted by atomic mass is 10.1. The Morgan fingerprint density at radius 1 is 1.13 bits per heavy atom. The van der Waals surface area contributed by atoms with Crippen LogP contribution in [-0.4, -0.2) is 45.3 Å². The number of aromatic nitrogens is 4. The van der Waals surface area contributed by atoms with Crippen molar-refractivity contribution in [3.05, 3.63) is 48.3 Å². The van der Waals surface area contributed by atoms with E-state index in [9.17, 15) is 0 Å². The summed E-state index contributed by atoms with van der Waals surface area (Å²) in [5, 5.41) is 4.15. The average molecular weight is 438 g/mol. The largest absolute Gasteiger partial charge is 0.497 e. The zero-order valence-electron chi connectivity index (χ0n) is 17.4. The van der Waals surface area contributed by atoms with Crippen LogP contribution in [0.5, 0.6) is 11.6 Å². The first-order valence-electron chi connectivity index (χ1n) is 10.2. The molecule has 1 aliphatic heterocycles. The third-order valence-corrected chi connectivity index (χ3v) is 5.96. The van der Waals surface area contributed by atoms with E-state index in [1.165, 1.54) is 11.5 Å². The monoisotopic (exact) mass is 437 g/mol. The second kappa shape index (κ2) is 8.52. The van der Waals surface area contributed by atoms with Gasteiger partial charge in [-0.05, 0) is 54.9 Å². The van der Waals surface area contributed by atoms with Gasteiger partial charge in [-0.15, -0.1) is 0 Å². The average Bonchev–Trinajstić information content (AvgIpc) is 3.41. The minimum atomic E-state index is 0.0598. The van der Waals surface area contributed by atoms with Crippen molar-refractivity contribution in [3.8, 4) is 17.3 Å². The molecule has 0 amide bonds. The normalized spacial score (nSPS) is 14.6. The van der Waals surface area contributed by atoms with Gasteiger partial charge in [0, 0.05) is 24.7 Å². The molecule has 1 aromatic carbocycles. The quantitative estimate of drug-likeness (QED) is 0.476. The van der Waals surface area contributed by atoms with Crippen molar-refractivity contribution >= 4 is 33.5 Å². The van der Waals surface area contributed by atoms with E-state index in [1.807, 2.05) is 54.1 Å². The van der Waals surface area contributed by atoms with E-state index in [2.05, 4.69) is 9.69 Å². The van der Waals surface area contributed by atoms with Crippen LogP contribution >= 0.6 is 11.5 Å². The fraction of sp³-hybridized carbons (Fsp3) is 0.318. The highest BCUT2D eigenvalue weighted by Crippen LogP contribution is 2.31. The molecule has 4 heterocycles. The standard InChI is InChI=1S/C22H23N5O3S/c1-14-13-19(31-26-14)24-22-23-18-7-10-27(15-3-5-16(28-2)6-4-15)20(18)21(25-22)30-17-8-11-29-12-9-17/h3-7,10,13,17H,8-9,11-12H2,1-2H3,(H,23,24,25). The molecule has 5 rings (SSSR count). The summed E-state index contributed by atoms with van der Waals surface area (Å²) in [5.74, 6) is 1.86. The van der Waals surface area contributed by atoms with Crippen LogP contribution in [0.3, 0.4) is 0 Å². The zero-order valence-corrected chi connectivity index (χ0v) is 18.2. The lowest BCUT2D eigenvalue weighted by Gasteiger charge is -2.23. The Morgan fingerprint density at radius 3 is 2.65 bits per heavy atom. The highest BCUT2D eigenvalue weighted by molar-refractivity contribution is 7.10. The van der Waals surface area contributed by atoms with Crippen LogP contribution < -0.4 is 14.8 Å². The van der Waals surface area contributed by atoms with Crippen molar-refractivity contribution < 1.29 is 14.2 Å². The number of hydrogen-bond donors (Lipinski definition) is 1. The molecule has 0 atom stereocenters. The molecule has 0 bridgehead atoms. The molecule has 0 saturated carbocycles. The molecule has 4 aromatic rings. The van der Waals surface area contributed by atoms with Crippen LogP contribution in [0.15, 0.2) is 42.6 Å². The molecule has 3 aromatic heterocycles. The summed E-state index contributed by atoms with van der Waals surface area (Å²) in [6.45, 7) is 3.35. The second-order valence-corrected chi connectivity index (χ2v) is 8.16. The van der Waals surface area contributed by atoms with Crippen molar-refractivity contribution in [2.45, 2.75) is 25.9 Å². The smallest absolute Gasteiger partial charge is 0.244 e. The molecule has 8 nitrogen and oxygen atoms in total. The van der Waals surface area contributed by atoms with E-state index < -0.39 is 0 Å². The van der Waals surface area contributed by atoms with E-state index in [1.54, 1.807) is 7.11 Å². The number of aryl methyl sites for hydroxylation is 1. The molecule has 1 aliphatic rings. The van der Waals surface area contributed by atoms with E-state index in [0.29, 0.717) is 25.0 Å². The maximum absolute atomic E-state index is 6.39. The van der Waals surface area contributed by atoms with Gasteiger partial charge in [-0.3, -0.25) is 0 Å². The van der Waals surface area contributed by atoms with Crippen LogP contribution in [0.2, 0.25) is 0 Å². The van der Waals surface area contributed by atoms with Crippen LogP contribution in [0.1, 0.15) is 18.5 Å². The summed E-state index contributed by atoms with van der Waals surface area (Å²) in [6, 6.07) is 11.8. The molecular formula is C22H23N5O3S. The van der Waals surface area contributed by atoms with Gasteiger partial charge in [-0.2, -0.15) is 9.36 Å². The Kier molecular flexibility index (Phi) is 5.44. The van der Waals surface area contributed by atoms with E-state index >= 15 is 0 Å². The summed E-state index contributed by atoms with van der Waals surface area (Å²) in [6.07, 6.45) is 3.72. The first-order valence-corrected chi connectivity index (χ1v) is 11.0. The van der Waals surface area contributed by atoms with E-state index in [0.717, 1.165) is 46.0 Å². The van der Waals surface area contributed by atoms with Gasteiger partial charge in [0.25, 0.3) is 0 Å². The molecule has 0 aliphatic carbocycles. The molecule has 1 N–H and O–H groups in total. The van der Waals surface area contributed by atoms with Gasteiger partial charge in [0.05, 0.1) is 31.5 Å². The van der Waals surface area contributed by atoms with Crippen molar-refractivity contribution in [1.29, 1.82) is 0 Å². The maximum atomic E-state index is 6.39. The maximum Gasteiger partial charge on any atom is 0.244 e. The Labute approximate surface area is 184 Å². The highest BCUT2D eigenvalue weighted by Gasteiger charge is 2.21. The topological polar surface area (TPSA) is 83.3 Å². The number of hydrogen-bond acceptors (Lipinski definition) is 8. The molecular weight excluding hydrogens is 414 g/mol. The molecule has 160 valence electrons. The molecule has 1 fully saturated rings. The highest BCUT2D eigenvalue weighted by atomic mass is 32.1. The fourth-order valence-electron chi connectivity index (χ4n) is 3.59. The molecule has 9 heteroatoms. The van der Waals surface area contributed by atoms with Crippen LogP contribution in [0.25, 0.3) is 16.7 Å². The minimum Gasteiger partial charge on any atom is -0.497 e. The first kappa shape index (κ1) is 19.8. The lowest BCUT2D eigenvalue weighted by Crippen LogP contribution is -2.26. The third-order valence-electron chi connectivity index (χ3n) is 5.16. The van der Waals surface area contributed by atoms with E-state index in [4.69, 9.17) is 24.2 Å². The number of fused-ring (bicyclic) bond motifs is 1. The van der Waals surface area contributed by atoms with Crippen molar-refractivity contribution in [1.82, 2.24) is 18.9 Å². The number of rotatable bonds is 6. The number of nitrogens with zero attached hydrogens (tertiary/aromatic N) is 4. The van der Waals surface area contributed by atoms with Gasteiger partial charge in [-0.25, -0.2) is 4.98 Å².